The van der Waals surface area contributed by atoms with Gasteiger partial charge in [0.15, 0.2) is 12.6 Å². The molecule has 0 aromatic heterocycles. The zero-order valence-electron chi connectivity index (χ0n) is 36.5. The predicted molar refractivity (Wildman–Crippen MR) is 213 cm³/mol. The van der Waals surface area contributed by atoms with E-state index in [2.05, 4.69) is 0 Å². The van der Waals surface area contributed by atoms with Gasteiger partial charge in [-0.15, -0.1) is 0 Å². The van der Waals surface area contributed by atoms with Crippen LogP contribution in [0.25, 0.3) is 0 Å². The van der Waals surface area contributed by atoms with Gasteiger partial charge in [0.05, 0.1) is 70.0 Å². The SMILES string of the molecule is CC=C1C(OC2OC(CO)C(O)C(O)C2O)OC=C(C(=O)OC)C1CC(=O)OC1CC(C)C2COC(=O)CC3C(=COC(OC4OC(CO)C(O)C(O)C4O)C3=CC)C(=O)OCC(C)C12. The summed E-state index contributed by atoms with van der Waals surface area (Å²) in [6.07, 6.45) is -14.8. The van der Waals surface area contributed by atoms with E-state index in [-0.39, 0.29) is 53.8 Å². The Labute approximate surface area is 373 Å². The molecule has 0 spiro atoms. The highest BCUT2D eigenvalue weighted by atomic mass is 16.8. The number of fused-ring (bicyclic) bond motifs is 2. The predicted octanol–water partition coefficient (Wildman–Crippen LogP) is -1.90. The topological polar surface area (TPSA) is 322 Å². The lowest BCUT2D eigenvalue weighted by Crippen LogP contribution is -2.60. The van der Waals surface area contributed by atoms with E-state index >= 15 is 0 Å². The van der Waals surface area contributed by atoms with Gasteiger partial charge in [0.1, 0.15) is 54.9 Å². The van der Waals surface area contributed by atoms with Gasteiger partial charge in [0.2, 0.25) is 12.6 Å². The summed E-state index contributed by atoms with van der Waals surface area (Å²) >= 11 is 0. The van der Waals surface area contributed by atoms with Crippen molar-refractivity contribution in [3.8, 4) is 0 Å². The van der Waals surface area contributed by atoms with Crippen LogP contribution in [0.3, 0.4) is 0 Å². The molecule has 6 aliphatic rings. The molecule has 4 fully saturated rings. The maximum atomic E-state index is 14.0. The van der Waals surface area contributed by atoms with Crippen molar-refractivity contribution in [2.24, 2.45) is 35.5 Å². The first-order valence-corrected chi connectivity index (χ1v) is 21.5. The number of aliphatic hydroxyl groups is 8. The largest absolute Gasteiger partial charge is 0.468 e. The number of aliphatic hydroxyl groups excluding tert-OH is 8. The van der Waals surface area contributed by atoms with E-state index in [9.17, 15) is 60.0 Å². The molecule has 3 saturated heterocycles. The Kier molecular flexibility index (Phi) is 16.8. The standard InChI is InChI=1S/C43H60O22/c1-6-19-21-9-29(46)57-14-23-17(3)8-26(31(23)18(4)13-58-39(55)25(21)16-60-40(19)64-42-36(52)34(50)32(48)27(11-44)62-42)61-30(47)10-22-20(7-2)41(59-15-24(22)38(54)56-5)65-43-37(53)35(51)33(49)28(12-45)63-43/h6-7,15-18,21-23,26-28,31-37,40-45,48-53H,8-14H2,1-5H3. The molecule has 19 atom stereocenters. The van der Waals surface area contributed by atoms with Gasteiger partial charge < -0.3 is 88.2 Å². The number of hydrogen-bond acceptors (Lipinski definition) is 22. The lowest BCUT2D eigenvalue weighted by Gasteiger charge is -2.42. The molecule has 5 aliphatic heterocycles. The minimum atomic E-state index is -1.77. The van der Waals surface area contributed by atoms with Gasteiger partial charge in [-0.25, -0.2) is 9.59 Å². The molecular formula is C43H60O22. The molecule has 1 saturated carbocycles. The van der Waals surface area contributed by atoms with Crippen LogP contribution in [-0.4, -0.2) is 178 Å². The molecule has 1 aliphatic carbocycles. The molecule has 0 radical (unpaired) electrons. The summed E-state index contributed by atoms with van der Waals surface area (Å²) in [5.74, 6) is -6.59. The lowest BCUT2D eigenvalue weighted by atomic mass is 9.81. The van der Waals surface area contributed by atoms with E-state index < -0.39 is 147 Å². The van der Waals surface area contributed by atoms with E-state index in [0.29, 0.717) is 6.42 Å². The van der Waals surface area contributed by atoms with Crippen LogP contribution in [0, 0.1) is 35.5 Å². The molecule has 0 amide bonds. The molecule has 22 heteroatoms. The highest BCUT2D eigenvalue weighted by molar-refractivity contribution is 5.91. The highest BCUT2D eigenvalue weighted by Crippen LogP contribution is 2.45. The van der Waals surface area contributed by atoms with Crippen molar-refractivity contribution in [3.05, 3.63) is 47.0 Å². The van der Waals surface area contributed by atoms with Crippen LogP contribution in [0.2, 0.25) is 0 Å². The molecule has 65 heavy (non-hydrogen) atoms. The number of hydrogen-bond donors (Lipinski definition) is 8. The third-order valence-corrected chi connectivity index (χ3v) is 13.1. The van der Waals surface area contributed by atoms with Gasteiger partial charge in [-0.05, 0) is 32.1 Å². The lowest BCUT2D eigenvalue weighted by molar-refractivity contribution is -0.327. The first-order chi connectivity index (χ1) is 31.0. The molecule has 0 bridgehead atoms. The van der Waals surface area contributed by atoms with Crippen LogP contribution >= 0.6 is 0 Å². The molecule has 8 N–H and O–H groups in total. The van der Waals surface area contributed by atoms with Crippen molar-refractivity contribution in [1.82, 2.24) is 0 Å². The Morgan fingerprint density at radius 1 is 0.754 bits per heavy atom. The van der Waals surface area contributed by atoms with E-state index in [1.807, 2.05) is 6.92 Å². The van der Waals surface area contributed by atoms with Crippen molar-refractivity contribution in [3.63, 3.8) is 0 Å². The Balaban J connectivity index is 1.16. The number of cyclic esters (lactones) is 2. The maximum absolute atomic E-state index is 14.0. The normalized spacial score (nSPS) is 42.6. The summed E-state index contributed by atoms with van der Waals surface area (Å²) in [6, 6.07) is 0. The number of esters is 4. The summed E-state index contributed by atoms with van der Waals surface area (Å²) in [6.45, 7) is 5.28. The van der Waals surface area contributed by atoms with E-state index in [0.717, 1.165) is 19.6 Å². The third kappa shape index (κ3) is 10.6. The Morgan fingerprint density at radius 2 is 1.32 bits per heavy atom. The zero-order chi connectivity index (χ0) is 47.4. The van der Waals surface area contributed by atoms with Crippen LogP contribution in [0.1, 0.15) is 47.0 Å². The first kappa shape index (κ1) is 50.4. The second kappa shape index (κ2) is 21.7. The van der Waals surface area contributed by atoms with Crippen molar-refractivity contribution >= 4 is 23.9 Å². The van der Waals surface area contributed by atoms with E-state index in [1.165, 1.54) is 6.08 Å². The second-order valence-electron chi connectivity index (χ2n) is 17.1. The summed E-state index contributed by atoms with van der Waals surface area (Å²) in [5.41, 5.74) is 0.384. The Bertz CT molecular complexity index is 1840. The minimum Gasteiger partial charge on any atom is -0.468 e. The zero-order valence-corrected chi connectivity index (χ0v) is 36.5. The molecule has 19 unspecified atom stereocenters. The second-order valence-corrected chi connectivity index (χ2v) is 17.1. The summed E-state index contributed by atoms with van der Waals surface area (Å²) < 4.78 is 56.9. The Hall–Kier alpha value is -4.04. The van der Waals surface area contributed by atoms with Crippen molar-refractivity contribution < 1.29 is 107 Å². The van der Waals surface area contributed by atoms with Crippen molar-refractivity contribution in [2.75, 3.05) is 33.5 Å². The smallest absolute Gasteiger partial charge is 0.337 e. The third-order valence-electron chi connectivity index (χ3n) is 13.1. The van der Waals surface area contributed by atoms with Gasteiger partial charge in [-0.3, -0.25) is 9.59 Å². The monoisotopic (exact) mass is 928 g/mol. The average Bonchev–Trinajstić information content (AvgIpc) is 3.60. The maximum Gasteiger partial charge on any atom is 0.337 e. The molecule has 0 aromatic carbocycles. The minimum absolute atomic E-state index is 0.0460. The molecule has 6 rings (SSSR count). The fraction of sp³-hybridized carbons (Fsp3) is 0.721. The molecule has 5 heterocycles. The van der Waals surface area contributed by atoms with E-state index in [4.69, 9.17) is 47.4 Å². The van der Waals surface area contributed by atoms with Crippen molar-refractivity contribution in [2.45, 2.75) is 127 Å². The van der Waals surface area contributed by atoms with Gasteiger partial charge in [-0.2, -0.15) is 0 Å². The van der Waals surface area contributed by atoms with Gasteiger partial charge >= 0.3 is 23.9 Å². The van der Waals surface area contributed by atoms with Crippen molar-refractivity contribution in [1.29, 1.82) is 0 Å². The molecule has 364 valence electrons. The average molecular weight is 929 g/mol. The fourth-order valence-electron chi connectivity index (χ4n) is 9.48. The molecule has 22 nitrogen and oxygen atoms in total. The summed E-state index contributed by atoms with van der Waals surface area (Å²) in [4.78, 5) is 54.3. The van der Waals surface area contributed by atoms with Crippen LogP contribution < -0.4 is 0 Å². The number of allylic oxidation sites excluding steroid dienone is 2. The van der Waals surface area contributed by atoms with E-state index in [1.54, 1.807) is 26.8 Å². The molecule has 0 aromatic rings. The number of carbonyl (C=O) groups excluding carboxylic acids is 4. The van der Waals surface area contributed by atoms with Gasteiger partial charge in [-0.1, -0.05) is 26.0 Å². The number of methoxy groups -OCH3 is 1. The van der Waals surface area contributed by atoms with Gasteiger partial charge in [0.25, 0.3) is 0 Å². The number of rotatable bonds is 10. The van der Waals surface area contributed by atoms with Crippen LogP contribution in [-0.2, 0) is 66.5 Å². The Morgan fingerprint density at radius 3 is 1.88 bits per heavy atom. The van der Waals surface area contributed by atoms with Crippen LogP contribution in [0.5, 0.6) is 0 Å². The number of ether oxygens (including phenoxy) is 10. The summed E-state index contributed by atoms with van der Waals surface area (Å²) in [7, 11) is 1.14. The quantitative estimate of drug-likeness (QED) is 0.0674. The van der Waals surface area contributed by atoms with Gasteiger partial charge in [0, 0.05) is 34.8 Å². The van der Waals surface area contributed by atoms with Crippen LogP contribution in [0.15, 0.2) is 47.0 Å². The summed E-state index contributed by atoms with van der Waals surface area (Å²) in [5, 5.41) is 81.5. The fourth-order valence-corrected chi connectivity index (χ4v) is 9.48. The highest BCUT2D eigenvalue weighted by Gasteiger charge is 2.51. The number of carbonyl (C=O) groups is 4. The first-order valence-electron chi connectivity index (χ1n) is 21.5. The van der Waals surface area contributed by atoms with Crippen LogP contribution in [0.4, 0.5) is 0 Å². The molecular weight excluding hydrogens is 868 g/mol.